The van der Waals surface area contributed by atoms with Crippen molar-refractivity contribution >= 4 is 23.9 Å². The van der Waals surface area contributed by atoms with Gasteiger partial charge in [-0.15, -0.1) is 0 Å². The Balaban J connectivity index is 1.81. The first kappa shape index (κ1) is 29.5. The molecule has 0 aromatic carbocycles. The number of cyclic esters (lactones) is 1. The summed E-state index contributed by atoms with van der Waals surface area (Å²) >= 11 is 0. The van der Waals surface area contributed by atoms with Crippen LogP contribution in [0.4, 0.5) is 0 Å². The molecule has 39 heavy (non-hydrogen) atoms. The summed E-state index contributed by atoms with van der Waals surface area (Å²) in [4.78, 5) is 49.3. The van der Waals surface area contributed by atoms with Gasteiger partial charge in [-0.2, -0.15) is 0 Å². The zero-order valence-corrected chi connectivity index (χ0v) is 23.8. The van der Waals surface area contributed by atoms with Crippen molar-refractivity contribution in [1.29, 1.82) is 0 Å². The standard InChI is InChI=1S/C29H42O10/c1-7-16(2)26(34)38-22-8-9-28(15-37-28)25-24(22)27(6,12-21(32)20-10-23(33)35-13-20)17(3)11-29(25,39-19(5)31)14-36-18(4)30/h10,16-17,21-22,24-25,32H,7-9,11-15H2,1-6H3/t16?,17?,21?,22?,24?,25?,27?,28?,29-/m0/s1. The second-order valence-corrected chi connectivity index (χ2v) is 12.3. The lowest BCUT2D eigenvalue weighted by molar-refractivity contribution is -0.248. The summed E-state index contributed by atoms with van der Waals surface area (Å²) in [7, 11) is 0. The fraction of sp³-hybridized carbons (Fsp3) is 0.793. The Morgan fingerprint density at radius 2 is 1.92 bits per heavy atom. The van der Waals surface area contributed by atoms with Crippen LogP contribution in [0.15, 0.2) is 11.6 Å². The predicted octanol–water partition coefficient (Wildman–Crippen LogP) is 2.88. The Kier molecular flexibility index (Phi) is 8.21. The lowest BCUT2D eigenvalue weighted by atomic mass is 9.45. The number of hydrogen-bond acceptors (Lipinski definition) is 10. The molecule has 10 heteroatoms. The van der Waals surface area contributed by atoms with E-state index in [2.05, 4.69) is 6.92 Å². The van der Waals surface area contributed by atoms with Crippen LogP contribution in [0.1, 0.15) is 73.6 Å². The number of rotatable bonds is 9. The SMILES string of the molecule is CCC(C)C(=O)OC1CCC2(CO2)C2C1C(C)(CC(O)C1=CC(=O)OC1)C(C)C[C@@]2(COC(C)=O)OC(C)=O. The summed E-state index contributed by atoms with van der Waals surface area (Å²) < 4.78 is 29.0. The van der Waals surface area contributed by atoms with Gasteiger partial charge in [0.25, 0.3) is 0 Å². The molecular weight excluding hydrogens is 508 g/mol. The van der Waals surface area contributed by atoms with E-state index in [1.807, 2.05) is 20.8 Å². The first-order valence-corrected chi connectivity index (χ1v) is 14.0. The summed E-state index contributed by atoms with van der Waals surface area (Å²) in [5.74, 6) is -3.09. The molecule has 0 aromatic heterocycles. The first-order valence-electron chi connectivity index (χ1n) is 14.0. The Morgan fingerprint density at radius 3 is 2.46 bits per heavy atom. The number of esters is 4. The van der Waals surface area contributed by atoms with E-state index in [4.69, 9.17) is 23.7 Å². The highest BCUT2D eigenvalue weighted by molar-refractivity contribution is 5.85. The smallest absolute Gasteiger partial charge is 0.331 e. The number of hydrogen-bond donors (Lipinski definition) is 1. The van der Waals surface area contributed by atoms with Gasteiger partial charge in [-0.3, -0.25) is 14.4 Å². The molecule has 1 spiro atoms. The zero-order valence-electron chi connectivity index (χ0n) is 23.8. The minimum Gasteiger partial charge on any atom is -0.462 e. The fourth-order valence-electron chi connectivity index (χ4n) is 7.32. The van der Waals surface area contributed by atoms with Crippen molar-refractivity contribution in [2.24, 2.45) is 29.1 Å². The van der Waals surface area contributed by atoms with E-state index in [-0.39, 0.29) is 37.4 Å². The molecule has 1 N–H and O–H groups in total. The molecule has 1 saturated heterocycles. The molecule has 10 nitrogen and oxygen atoms in total. The van der Waals surface area contributed by atoms with Crippen molar-refractivity contribution in [3.63, 3.8) is 0 Å². The minimum atomic E-state index is -1.20. The molecule has 0 radical (unpaired) electrons. The summed E-state index contributed by atoms with van der Waals surface area (Å²) in [5.41, 5.74) is -1.95. The average molecular weight is 551 g/mol. The van der Waals surface area contributed by atoms with Gasteiger partial charge >= 0.3 is 23.9 Å². The zero-order chi connectivity index (χ0) is 28.8. The summed E-state index contributed by atoms with van der Waals surface area (Å²) in [5, 5.41) is 11.3. The average Bonchev–Trinajstić information content (AvgIpc) is 3.49. The lowest BCUT2D eigenvalue weighted by Crippen LogP contribution is -2.68. The van der Waals surface area contributed by atoms with Crippen LogP contribution in [0.25, 0.3) is 0 Å². The van der Waals surface area contributed by atoms with Gasteiger partial charge in [-0.1, -0.05) is 27.7 Å². The fourth-order valence-corrected chi connectivity index (χ4v) is 7.32. The summed E-state index contributed by atoms with van der Waals surface area (Å²) in [6, 6.07) is 0. The van der Waals surface area contributed by atoms with Gasteiger partial charge in [0.2, 0.25) is 0 Å². The van der Waals surface area contributed by atoms with E-state index in [0.29, 0.717) is 37.9 Å². The van der Waals surface area contributed by atoms with Crippen LogP contribution in [-0.2, 0) is 42.9 Å². The van der Waals surface area contributed by atoms with E-state index < -0.39 is 58.6 Å². The van der Waals surface area contributed by atoms with Crippen molar-refractivity contribution in [3.8, 4) is 0 Å². The third kappa shape index (κ3) is 5.59. The van der Waals surface area contributed by atoms with Crippen LogP contribution in [0.5, 0.6) is 0 Å². The van der Waals surface area contributed by atoms with Crippen LogP contribution in [0.2, 0.25) is 0 Å². The van der Waals surface area contributed by atoms with Crippen molar-refractivity contribution in [1.82, 2.24) is 0 Å². The molecule has 2 heterocycles. The normalized spacial score (nSPS) is 38.6. The highest BCUT2D eigenvalue weighted by Gasteiger charge is 2.73. The third-order valence-electron chi connectivity index (χ3n) is 9.69. The topological polar surface area (TPSA) is 138 Å². The van der Waals surface area contributed by atoms with E-state index in [1.165, 1.54) is 19.9 Å². The first-order chi connectivity index (χ1) is 18.3. The molecule has 218 valence electrons. The molecule has 2 saturated carbocycles. The van der Waals surface area contributed by atoms with E-state index in [9.17, 15) is 24.3 Å². The van der Waals surface area contributed by atoms with Gasteiger partial charge in [-0.05, 0) is 43.4 Å². The molecule has 0 bridgehead atoms. The minimum absolute atomic E-state index is 0.0296. The number of aliphatic hydroxyl groups is 1. The second-order valence-electron chi connectivity index (χ2n) is 12.3. The number of carbonyl (C=O) groups is 4. The molecule has 4 aliphatic rings. The van der Waals surface area contributed by atoms with Crippen LogP contribution in [0.3, 0.4) is 0 Å². The van der Waals surface area contributed by atoms with Crippen molar-refractivity contribution in [2.75, 3.05) is 19.8 Å². The number of fused-ring (bicyclic) bond motifs is 2. The maximum Gasteiger partial charge on any atom is 0.331 e. The number of aliphatic hydroxyl groups excluding tert-OH is 1. The molecular formula is C29H42O10. The van der Waals surface area contributed by atoms with Crippen LogP contribution in [0, 0.1) is 29.1 Å². The van der Waals surface area contributed by atoms with Crippen LogP contribution >= 0.6 is 0 Å². The van der Waals surface area contributed by atoms with Gasteiger partial charge in [0, 0.05) is 37.3 Å². The number of carbonyl (C=O) groups excluding carboxylic acids is 4. The maximum absolute atomic E-state index is 13.1. The van der Waals surface area contributed by atoms with Gasteiger partial charge in [-0.25, -0.2) is 4.79 Å². The molecule has 0 amide bonds. The molecule has 2 aliphatic heterocycles. The highest BCUT2D eigenvalue weighted by atomic mass is 16.6. The summed E-state index contributed by atoms with van der Waals surface area (Å²) in [6.07, 6.45) is 2.24. The molecule has 4 rings (SSSR count). The summed E-state index contributed by atoms with van der Waals surface area (Å²) in [6.45, 7) is 10.8. The molecule has 9 atom stereocenters. The van der Waals surface area contributed by atoms with Crippen molar-refractivity contribution in [2.45, 2.75) is 97.1 Å². The largest absolute Gasteiger partial charge is 0.462 e. The van der Waals surface area contributed by atoms with E-state index in [1.54, 1.807) is 0 Å². The third-order valence-corrected chi connectivity index (χ3v) is 9.69. The monoisotopic (exact) mass is 550 g/mol. The second kappa shape index (κ2) is 10.8. The van der Waals surface area contributed by atoms with Crippen molar-refractivity contribution < 1.29 is 48.0 Å². The number of ether oxygens (including phenoxy) is 5. The van der Waals surface area contributed by atoms with Crippen LogP contribution < -0.4 is 0 Å². The van der Waals surface area contributed by atoms with Gasteiger partial charge in [0.1, 0.15) is 19.3 Å². The number of epoxide rings is 1. The highest BCUT2D eigenvalue weighted by Crippen LogP contribution is 2.66. The van der Waals surface area contributed by atoms with Gasteiger partial charge < -0.3 is 28.8 Å². The van der Waals surface area contributed by atoms with E-state index >= 15 is 0 Å². The predicted molar refractivity (Wildman–Crippen MR) is 137 cm³/mol. The quantitative estimate of drug-likeness (QED) is 0.259. The Bertz CT molecular complexity index is 1030. The lowest BCUT2D eigenvalue weighted by Gasteiger charge is -2.62. The van der Waals surface area contributed by atoms with Gasteiger partial charge in [0.05, 0.1) is 24.2 Å². The van der Waals surface area contributed by atoms with E-state index in [0.717, 1.165) is 0 Å². The maximum atomic E-state index is 13.1. The van der Waals surface area contributed by atoms with Crippen LogP contribution in [-0.4, -0.2) is 72.2 Å². The molecule has 0 aromatic rings. The molecule has 2 aliphatic carbocycles. The molecule has 3 fully saturated rings. The Morgan fingerprint density at radius 1 is 1.23 bits per heavy atom. The van der Waals surface area contributed by atoms with Gasteiger partial charge in [0.15, 0.2) is 5.60 Å². The van der Waals surface area contributed by atoms with Crippen molar-refractivity contribution in [3.05, 3.63) is 11.6 Å². The Labute approximate surface area is 229 Å². The molecule has 8 unspecified atom stereocenters. The Hall–Kier alpha value is -2.46.